The number of carbonyl (C=O) groups excluding carboxylic acids is 3. The van der Waals surface area contributed by atoms with Gasteiger partial charge in [0.25, 0.3) is 0 Å². The zero-order valence-electron chi connectivity index (χ0n) is 18.7. The van der Waals surface area contributed by atoms with E-state index in [0.29, 0.717) is 6.42 Å². The van der Waals surface area contributed by atoms with Crippen LogP contribution in [0.3, 0.4) is 0 Å². The van der Waals surface area contributed by atoms with Crippen molar-refractivity contribution < 1.29 is 24.6 Å². The van der Waals surface area contributed by atoms with Gasteiger partial charge in [-0.05, 0) is 36.0 Å². The van der Waals surface area contributed by atoms with Crippen molar-refractivity contribution in [3.8, 4) is 11.1 Å². The summed E-state index contributed by atoms with van der Waals surface area (Å²) in [6.45, 7) is 4.39. The van der Waals surface area contributed by atoms with Gasteiger partial charge in [0.2, 0.25) is 11.8 Å². The normalized spacial score (nSPS) is 13.8. The van der Waals surface area contributed by atoms with Gasteiger partial charge in [-0.3, -0.25) is 14.4 Å². The lowest BCUT2D eigenvalue weighted by Gasteiger charge is -2.25. The molecule has 0 aromatic heterocycles. The van der Waals surface area contributed by atoms with Gasteiger partial charge in [0, 0.05) is 0 Å². The summed E-state index contributed by atoms with van der Waals surface area (Å²) in [5, 5.41) is 24.0. The first-order valence-corrected chi connectivity index (χ1v) is 10.8. The van der Waals surface area contributed by atoms with E-state index < -0.39 is 36.5 Å². The van der Waals surface area contributed by atoms with Crippen LogP contribution in [0, 0.1) is 5.92 Å². The van der Waals surface area contributed by atoms with Crippen LogP contribution in [-0.4, -0.2) is 52.6 Å². The summed E-state index contributed by atoms with van der Waals surface area (Å²) in [6.07, 6.45) is -0.700. The molecule has 0 aliphatic rings. The first-order valence-electron chi connectivity index (χ1n) is 10.8. The molecule has 4 N–H and O–H groups in total. The number of aliphatic hydroxyl groups excluding tert-OH is 2. The highest BCUT2D eigenvalue weighted by Crippen LogP contribution is 2.19. The number of rotatable bonds is 11. The molecular formula is C25H32N2O5. The Morgan fingerprint density at radius 2 is 1.47 bits per heavy atom. The smallest absolute Gasteiger partial charge is 0.243 e. The van der Waals surface area contributed by atoms with Crippen molar-refractivity contribution in [1.29, 1.82) is 0 Å². The zero-order valence-corrected chi connectivity index (χ0v) is 18.7. The third-order valence-corrected chi connectivity index (χ3v) is 5.07. The number of amides is 2. The molecule has 0 fully saturated rings. The van der Waals surface area contributed by atoms with Crippen molar-refractivity contribution in [1.82, 2.24) is 10.6 Å². The molecule has 0 bridgehead atoms. The molecule has 3 atom stereocenters. The molecule has 0 radical (unpaired) electrons. The quantitative estimate of drug-likeness (QED) is 0.426. The molecule has 0 saturated heterocycles. The Morgan fingerprint density at radius 1 is 0.875 bits per heavy atom. The molecule has 2 rings (SSSR count). The highest BCUT2D eigenvalue weighted by Gasteiger charge is 2.29. The van der Waals surface area contributed by atoms with E-state index in [4.69, 9.17) is 5.11 Å². The Bertz CT molecular complexity index is 894. The van der Waals surface area contributed by atoms with Gasteiger partial charge < -0.3 is 20.8 Å². The van der Waals surface area contributed by atoms with Gasteiger partial charge >= 0.3 is 0 Å². The third kappa shape index (κ3) is 7.59. The molecule has 0 aliphatic carbocycles. The summed E-state index contributed by atoms with van der Waals surface area (Å²) in [6, 6.07) is 15.5. The van der Waals surface area contributed by atoms with Crippen LogP contribution in [0.2, 0.25) is 0 Å². The lowest BCUT2D eigenvalue weighted by molar-refractivity contribution is -0.134. The van der Waals surface area contributed by atoms with Gasteiger partial charge in [0.15, 0.2) is 5.78 Å². The molecule has 0 heterocycles. The second-order valence-corrected chi connectivity index (χ2v) is 8.34. The molecule has 0 saturated carbocycles. The van der Waals surface area contributed by atoms with Crippen LogP contribution in [-0.2, 0) is 20.8 Å². The molecule has 2 aromatic rings. The number of carbonyl (C=O) groups is 3. The monoisotopic (exact) mass is 440 g/mol. The number of Topliss-reactive ketones (excluding diaryl/α,β-unsaturated/α-hetero) is 1. The molecule has 2 aromatic carbocycles. The zero-order chi connectivity index (χ0) is 23.7. The Hall–Kier alpha value is -3.03. The fourth-order valence-electron chi connectivity index (χ4n) is 3.40. The van der Waals surface area contributed by atoms with Crippen molar-refractivity contribution in [3.63, 3.8) is 0 Å². The molecule has 0 spiro atoms. The highest BCUT2D eigenvalue weighted by molar-refractivity contribution is 5.93. The molecule has 172 valence electrons. The summed E-state index contributed by atoms with van der Waals surface area (Å²) < 4.78 is 0. The minimum atomic E-state index is -1.23. The Morgan fingerprint density at radius 3 is 2.00 bits per heavy atom. The third-order valence-electron chi connectivity index (χ3n) is 5.07. The Balaban J connectivity index is 2.04. The predicted octanol–water partition coefficient (Wildman–Crippen LogP) is 1.85. The summed E-state index contributed by atoms with van der Waals surface area (Å²) in [5.41, 5.74) is 2.94. The van der Waals surface area contributed by atoms with Crippen molar-refractivity contribution >= 4 is 17.6 Å². The highest BCUT2D eigenvalue weighted by atomic mass is 16.3. The van der Waals surface area contributed by atoms with E-state index in [1.165, 1.54) is 6.92 Å². The average Bonchev–Trinajstić information content (AvgIpc) is 2.76. The molecule has 0 aliphatic heterocycles. The fourth-order valence-corrected chi connectivity index (χ4v) is 3.40. The molecular weight excluding hydrogens is 408 g/mol. The van der Waals surface area contributed by atoms with E-state index in [1.54, 1.807) is 0 Å². The van der Waals surface area contributed by atoms with E-state index in [9.17, 15) is 19.5 Å². The maximum Gasteiger partial charge on any atom is 0.243 e. The summed E-state index contributed by atoms with van der Waals surface area (Å²) in [4.78, 5) is 37.2. The van der Waals surface area contributed by atoms with E-state index in [1.807, 2.05) is 68.4 Å². The van der Waals surface area contributed by atoms with Crippen LogP contribution in [0.15, 0.2) is 54.6 Å². The van der Waals surface area contributed by atoms with Crippen molar-refractivity contribution in [2.45, 2.75) is 51.8 Å². The number of nitrogens with one attached hydrogen (secondary N) is 2. The number of aliphatic hydroxyl groups is 2. The fraction of sp³-hybridized carbons (Fsp3) is 0.400. The summed E-state index contributed by atoms with van der Waals surface area (Å²) in [5.74, 6) is -1.48. The van der Waals surface area contributed by atoms with Crippen LogP contribution in [0.5, 0.6) is 0 Å². The van der Waals surface area contributed by atoms with Gasteiger partial charge in [-0.1, -0.05) is 68.4 Å². The van der Waals surface area contributed by atoms with Gasteiger partial charge in [0.05, 0.1) is 12.5 Å². The first-order chi connectivity index (χ1) is 15.2. The largest absolute Gasteiger partial charge is 0.391 e. The Labute approximate surface area is 188 Å². The molecule has 32 heavy (non-hydrogen) atoms. The molecule has 7 heteroatoms. The molecule has 7 nitrogen and oxygen atoms in total. The Kier molecular flexibility index (Phi) is 9.56. The van der Waals surface area contributed by atoms with Gasteiger partial charge in [-0.15, -0.1) is 0 Å². The van der Waals surface area contributed by atoms with Crippen molar-refractivity contribution in [3.05, 3.63) is 60.2 Å². The van der Waals surface area contributed by atoms with Gasteiger partial charge in [0.1, 0.15) is 18.7 Å². The number of hydrogen-bond acceptors (Lipinski definition) is 5. The molecule has 0 unspecified atom stereocenters. The van der Waals surface area contributed by atoms with Crippen molar-refractivity contribution in [2.24, 2.45) is 5.92 Å². The van der Waals surface area contributed by atoms with Gasteiger partial charge in [-0.25, -0.2) is 0 Å². The van der Waals surface area contributed by atoms with E-state index in [-0.39, 0.29) is 18.2 Å². The standard InChI is InChI=1S/C25H32N2O5/c1-16(2)13-21(25(32)27-24(17(3)29)22(30)15-28)26-23(31)14-18-9-11-20(12-10-18)19-7-5-4-6-8-19/h4-12,16-17,21,24,28-29H,13-15H2,1-3H3,(H,26,31)(H,27,32)/t17-,21+,24+/m1/s1. The van der Waals surface area contributed by atoms with Crippen LogP contribution in [0.1, 0.15) is 32.8 Å². The lowest BCUT2D eigenvalue weighted by Crippen LogP contribution is -2.55. The van der Waals surface area contributed by atoms with E-state index in [2.05, 4.69) is 10.6 Å². The first kappa shape index (κ1) is 25.2. The number of hydrogen-bond donors (Lipinski definition) is 4. The number of benzene rings is 2. The maximum atomic E-state index is 12.7. The topological polar surface area (TPSA) is 116 Å². The average molecular weight is 441 g/mol. The second kappa shape index (κ2) is 12.1. The van der Waals surface area contributed by atoms with Crippen molar-refractivity contribution in [2.75, 3.05) is 6.61 Å². The predicted molar refractivity (Wildman–Crippen MR) is 123 cm³/mol. The molecule has 2 amide bonds. The SMILES string of the molecule is CC(C)C[C@H](NC(=O)Cc1ccc(-c2ccccc2)cc1)C(=O)N[C@H](C(=O)CO)[C@@H](C)O. The lowest BCUT2D eigenvalue weighted by atomic mass is 10.0. The number of ketones is 1. The van der Waals surface area contributed by atoms with E-state index >= 15 is 0 Å². The summed E-state index contributed by atoms with van der Waals surface area (Å²) >= 11 is 0. The summed E-state index contributed by atoms with van der Waals surface area (Å²) in [7, 11) is 0. The van der Waals surface area contributed by atoms with Crippen LogP contribution in [0.4, 0.5) is 0 Å². The van der Waals surface area contributed by atoms with Crippen LogP contribution in [0.25, 0.3) is 11.1 Å². The minimum Gasteiger partial charge on any atom is -0.391 e. The minimum absolute atomic E-state index is 0.104. The van der Waals surface area contributed by atoms with Crippen LogP contribution < -0.4 is 10.6 Å². The van der Waals surface area contributed by atoms with Crippen LogP contribution >= 0.6 is 0 Å². The van der Waals surface area contributed by atoms with Gasteiger partial charge in [-0.2, -0.15) is 0 Å². The maximum absolute atomic E-state index is 12.7. The van der Waals surface area contributed by atoms with E-state index in [0.717, 1.165) is 16.7 Å². The second-order valence-electron chi connectivity index (χ2n) is 8.34.